The second-order valence-corrected chi connectivity index (χ2v) is 5.40. The molecular weight excluding hydrogens is 284 g/mol. The molecule has 6 heteroatoms. The maximum absolute atomic E-state index is 12.3. The molecule has 0 saturated carbocycles. The summed E-state index contributed by atoms with van der Waals surface area (Å²) in [5, 5.41) is 2.86. The topological polar surface area (TPSA) is 75.7 Å². The largest absolute Gasteiger partial charge is 0.472 e. The third-order valence-corrected chi connectivity index (χ3v) is 3.86. The number of carbonyl (C=O) groups excluding carboxylic acids is 2. The molecule has 1 aliphatic rings. The summed E-state index contributed by atoms with van der Waals surface area (Å²) < 4.78 is 10.1. The van der Waals surface area contributed by atoms with E-state index in [1.165, 1.54) is 12.5 Å². The number of hydrogen-bond donors (Lipinski definition) is 1. The molecule has 116 valence electrons. The molecular formula is C16H18N2O4. The van der Waals surface area contributed by atoms with Crippen LogP contribution in [0.2, 0.25) is 0 Å². The zero-order valence-electron chi connectivity index (χ0n) is 12.2. The van der Waals surface area contributed by atoms with Gasteiger partial charge in [0.2, 0.25) is 5.91 Å². The first-order chi connectivity index (χ1) is 10.7. The molecule has 0 aromatic carbocycles. The Kier molecular flexibility index (Phi) is 4.27. The van der Waals surface area contributed by atoms with E-state index in [0.717, 1.165) is 18.6 Å². The van der Waals surface area contributed by atoms with E-state index in [9.17, 15) is 9.59 Å². The third kappa shape index (κ3) is 3.21. The highest BCUT2D eigenvalue weighted by Crippen LogP contribution is 2.19. The van der Waals surface area contributed by atoms with E-state index in [4.69, 9.17) is 8.83 Å². The Balaban J connectivity index is 1.55. The molecule has 0 aliphatic carbocycles. The van der Waals surface area contributed by atoms with Crippen molar-refractivity contribution in [3.05, 3.63) is 48.3 Å². The van der Waals surface area contributed by atoms with Crippen LogP contribution >= 0.6 is 0 Å². The van der Waals surface area contributed by atoms with Crippen LogP contribution in [0.25, 0.3) is 0 Å². The normalized spacial score (nSPS) is 18.2. The van der Waals surface area contributed by atoms with Gasteiger partial charge in [0, 0.05) is 13.1 Å². The monoisotopic (exact) mass is 302 g/mol. The number of rotatable bonds is 4. The molecule has 1 unspecified atom stereocenters. The van der Waals surface area contributed by atoms with E-state index in [-0.39, 0.29) is 17.7 Å². The zero-order chi connectivity index (χ0) is 15.4. The van der Waals surface area contributed by atoms with E-state index in [1.54, 1.807) is 23.3 Å². The number of amides is 2. The van der Waals surface area contributed by atoms with Crippen molar-refractivity contribution in [2.24, 2.45) is 5.92 Å². The van der Waals surface area contributed by atoms with E-state index < -0.39 is 0 Å². The van der Waals surface area contributed by atoms with Crippen LogP contribution in [-0.4, -0.2) is 29.8 Å². The molecule has 0 radical (unpaired) electrons. The standard InChI is InChI=1S/C16H18N2O4/c19-15(17-9-14-4-2-7-22-14)12-3-1-6-18(10-12)16(20)13-5-8-21-11-13/h2,4-5,7-8,11-12H,1,3,6,9-10H2,(H,17,19). The van der Waals surface area contributed by atoms with E-state index in [2.05, 4.69) is 5.32 Å². The van der Waals surface area contributed by atoms with Crippen LogP contribution in [-0.2, 0) is 11.3 Å². The van der Waals surface area contributed by atoms with Gasteiger partial charge in [-0.25, -0.2) is 0 Å². The van der Waals surface area contributed by atoms with Crippen LogP contribution in [0.3, 0.4) is 0 Å². The van der Waals surface area contributed by atoms with Crippen molar-refractivity contribution in [2.75, 3.05) is 13.1 Å². The molecule has 2 amide bonds. The molecule has 1 fully saturated rings. The minimum atomic E-state index is -0.181. The average molecular weight is 302 g/mol. The third-order valence-electron chi connectivity index (χ3n) is 3.86. The van der Waals surface area contributed by atoms with Crippen LogP contribution < -0.4 is 5.32 Å². The SMILES string of the molecule is O=C(NCc1ccco1)C1CCCN(C(=O)c2ccoc2)C1. The van der Waals surface area contributed by atoms with E-state index >= 15 is 0 Å². The molecule has 0 bridgehead atoms. The van der Waals surface area contributed by atoms with Crippen molar-refractivity contribution >= 4 is 11.8 Å². The Labute approximate surface area is 128 Å². The molecule has 22 heavy (non-hydrogen) atoms. The zero-order valence-corrected chi connectivity index (χ0v) is 12.2. The molecule has 3 heterocycles. The smallest absolute Gasteiger partial charge is 0.257 e. The van der Waals surface area contributed by atoms with Crippen LogP contribution in [0.5, 0.6) is 0 Å². The van der Waals surface area contributed by atoms with Crippen molar-refractivity contribution in [3.63, 3.8) is 0 Å². The maximum Gasteiger partial charge on any atom is 0.257 e. The number of likely N-dealkylation sites (tertiary alicyclic amines) is 1. The summed E-state index contributed by atoms with van der Waals surface area (Å²) in [4.78, 5) is 26.2. The van der Waals surface area contributed by atoms with Gasteiger partial charge < -0.3 is 19.1 Å². The first-order valence-corrected chi connectivity index (χ1v) is 7.35. The minimum absolute atomic E-state index is 0.0407. The Bertz CT molecular complexity index is 619. The number of nitrogens with zero attached hydrogens (tertiary/aromatic N) is 1. The molecule has 3 rings (SSSR count). The van der Waals surface area contributed by atoms with Crippen LogP contribution in [0.15, 0.2) is 45.8 Å². The van der Waals surface area contributed by atoms with Crippen molar-refractivity contribution < 1.29 is 18.4 Å². The minimum Gasteiger partial charge on any atom is -0.472 e. The Morgan fingerprint density at radius 1 is 1.32 bits per heavy atom. The highest BCUT2D eigenvalue weighted by molar-refractivity contribution is 5.94. The summed E-state index contributed by atoms with van der Waals surface area (Å²) in [7, 11) is 0. The quantitative estimate of drug-likeness (QED) is 0.937. The number of piperidine rings is 1. The summed E-state index contributed by atoms with van der Waals surface area (Å²) in [6.07, 6.45) is 6.10. The Morgan fingerprint density at radius 2 is 2.23 bits per heavy atom. The summed E-state index contributed by atoms with van der Waals surface area (Å²) in [6, 6.07) is 5.24. The number of nitrogens with one attached hydrogen (secondary N) is 1. The second kappa shape index (κ2) is 6.51. The highest BCUT2D eigenvalue weighted by Gasteiger charge is 2.29. The van der Waals surface area contributed by atoms with Crippen molar-refractivity contribution in [1.29, 1.82) is 0 Å². The van der Waals surface area contributed by atoms with Gasteiger partial charge >= 0.3 is 0 Å². The Morgan fingerprint density at radius 3 is 2.95 bits per heavy atom. The molecule has 1 saturated heterocycles. The predicted octanol–water partition coefficient (Wildman–Crippen LogP) is 2.04. The van der Waals surface area contributed by atoms with E-state index in [0.29, 0.717) is 25.2 Å². The Hall–Kier alpha value is -2.50. The molecule has 0 spiro atoms. The van der Waals surface area contributed by atoms with Gasteiger partial charge in [-0.3, -0.25) is 9.59 Å². The molecule has 6 nitrogen and oxygen atoms in total. The highest BCUT2D eigenvalue weighted by atomic mass is 16.3. The van der Waals surface area contributed by atoms with Gasteiger partial charge in [-0.2, -0.15) is 0 Å². The lowest BCUT2D eigenvalue weighted by Crippen LogP contribution is -2.45. The van der Waals surface area contributed by atoms with Gasteiger partial charge in [-0.15, -0.1) is 0 Å². The summed E-state index contributed by atoms with van der Waals surface area (Å²) in [5.74, 6) is 0.411. The van der Waals surface area contributed by atoms with Gasteiger partial charge in [0.25, 0.3) is 5.91 Å². The lowest BCUT2D eigenvalue weighted by Gasteiger charge is -2.31. The van der Waals surface area contributed by atoms with Gasteiger partial charge in [0.15, 0.2) is 0 Å². The molecule has 1 N–H and O–H groups in total. The van der Waals surface area contributed by atoms with Gasteiger partial charge in [0.05, 0.1) is 30.6 Å². The van der Waals surface area contributed by atoms with Crippen molar-refractivity contribution in [1.82, 2.24) is 10.2 Å². The average Bonchev–Trinajstić information content (AvgIpc) is 3.25. The summed E-state index contributed by atoms with van der Waals surface area (Å²) in [5.41, 5.74) is 0.525. The summed E-state index contributed by atoms with van der Waals surface area (Å²) in [6.45, 7) is 1.48. The molecule has 1 aliphatic heterocycles. The fourth-order valence-corrected chi connectivity index (χ4v) is 2.68. The predicted molar refractivity (Wildman–Crippen MR) is 77.9 cm³/mol. The molecule has 1 atom stereocenters. The first-order valence-electron chi connectivity index (χ1n) is 7.35. The van der Waals surface area contributed by atoms with Crippen LogP contribution in [0, 0.1) is 5.92 Å². The first kappa shape index (κ1) is 14.4. The van der Waals surface area contributed by atoms with Gasteiger partial charge in [-0.1, -0.05) is 0 Å². The van der Waals surface area contributed by atoms with Crippen molar-refractivity contribution in [3.8, 4) is 0 Å². The van der Waals surface area contributed by atoms with Crippen LogP contribution in [0.4, 0.5) is 0 Å². The van der Waals surface area contributed by atoms with Crippen molar-refractivity contribution in [2.45, 2.75) is 19.4 Å². The summed E-state index contributed by atoms with van der Waals surface area (Å²) >= 11 is 0. The lowest BCUT2D eigenvalue weighted by molar-refractivity contribution is -0.126. The fourth-order valence-electron chi connectivity index (χ4n) is 2.68. The van der Waals surface area contributed by atoms with Gasteiger partial charge in [0.1, 0.15) is 12.0 Å². The van der Waals surface area contributed by atoms with Crippen LogP contribution in [0.1, 0.15) is 29.0 Å². The molecule has 2 aromatic heterocycles. The number of furan rings is 2. The van der Waals surface area contributed by atoms with Gasteiger partial charge in [-0.05, 0) is 31.0 Å². The fraction of sp³-hybridized carbons (Fsp3) is 0.375. The van der Waals surface area contributed by atoms with E-state index in [1.807, 2.05) is 6.07 Å². The maximum atomic E-state index is 12.3. The lowest BCUT2D eigenvalue weighted by atomic mass is 9.96. The second-order valence-electron chi connectivity index (χ2n) is 5.40. The number of hydrogen-bond acceptors (Lipinski definition) is 4. The molecule has 2 aromatic rings. The number of carbonyl (C=O) groups is 2.